The molecule has 1 N–H and O–H groups in total. The number of rotatable bonds is 14. The number of ketones is 1. The third-order valence-electron chi connectivity index (χ3n) is 8.30. The monoisotopic (exact) mass is 659 g/mol. The minimum Gasteiger partial charge on any atom is -0.465 e. The summed E-state index contributed by atoms with van der Waals surface area (Å²) in [7, 11) is 0. The van der Waals surface area contributed by atoms with Gasteiger partial charge < -0.3 is 19.7 Å². The van der Waals surface area contributed by atoms with E-state index in [1.165, 1.54) is 17.4 Å². The molecule has 0 atom stereocenters. The number of thiophene rings is 1. The third kappa shape index (κ3) is 8.12. The molecule has 12 heteroatoms. The van der Waals surface area contributed by atoms with Crippen molar-refractivity contribution in [2.45, 2.75) is 52.1 Å². The Bertz CT molecular complexity index is 1750. The van der Waals surface area contributed by atoms with Crippen LogP contribution in [-0.2, 0) is 27.3 Å². The first-order chi connectivity index (χ1) is 22.8. The van der Waals surface area contributed by atoms with Crippen LogP contribution in [0.5, 0.6) is 11.5 Å². The summed E-state index contributed by atoms with van der Waals surface area (Å²) in [6, 6.07) is 12.1. The molecular formula is C35H38FN5O5S. The maximum Gasteiger partial charge on any atom is 0.320 e. The Morgan fingerprint density at radius 2 is 1.85 bits per heavy atom. The van der Waals surface area contributed by atoms with Gasteiger partial charge in [-0.15, -0.1) is 11.3 Å². The van der Waals surface area contributed by atoms with Crippen molar-refractivity contribution in [3.05, 3.63) is 71.8 Å². The quantitative estimate of drug-likeness (QED) is 0.165. The number of carbonyl (C=O) groups is 3. The predicted molar refractivity (Wildman–Crippen MR) is 177 cm³/mol. The number of benzene rings is 1. The highest BCUT2D eigenvalue weighted by Crippen LogP contribution is 2.39. The van der Waals surface area contributed by atoms with Crippen LogP contribution in [0.1, 0.15) is 44.2 Å². The molecule has 1 saturated carbocycles. The summed E-state index contributed by atoms with van der Waals surface area (Å²) in [5.74, 6) is 0.390. The molecule has 2 amide bonds. The van der Waals surface area contributed by atoms with Gasteiger partial charge in [0.05, 0.1) is 33.9 Å². The topological polar surface area (TPSA) is 114 Å². The molecule has 0 bridgehead atoms. The Kier molecular flexibility index (Phi) is 10.1. The lowest BCUT2D eigenvalue weighted by molar-refractivity contribution is -0.146. The van der Waals surface area contributed by atoms with Gasteiger partial charge in [0.15, 0.2) is 11.6 Å². The van der Waals surface area contributed by atoms with Crippen molar-refractivity contribution in [1.82, 2.24) is 25.1 Å². The molecule has 3 aromatic heterocycles. The van der Waals surface area contributed by atoms with Crippen molar-refractivity contribution in [2.75, 3.05) is 32.8 Å². The predicted octanol–water partition coefficient (Wildman–Crippen LogP) is 5.98. The van der Waals surface area contributed by atoms with Crippen LogP contribution in [0.25, 0.3) is 20.8 Å². The van der Waals surface area contributed by atoms with Gasteiger partial charge in [0, 0.05) is 63.5 Å². The number of nitrogens with one attached hydrogen (secondary N) is 1. The van der Waals surface area contributed by atoms with E-state index in [0.29, 0.717) is 62.0 Å². The number of amides is 2. The molecule has 1 saturated heterocycles. The molecule has 6 rings (SSSR count). The fourth-order valence-electron chi connectivity index (χ4n) is 5.62. The summed E-state index contributed by atoms with van der Waals surface area (Å²) in [6.07, 6.45) is 6.43. The summed E-state index contributed by atoms with van der Waals surface area (Å²) in [5, 5.41) is 2.81. The lowest BCUT2D eigenvalue weighted by Crippen LogP contribution is -2.63. The Morgan fingerprint density at radius 3 is 2.55 bits per heavy atom. The zero-order chi connectivity index (χ0) is 32.9. The zero-order valence-corrected chi connectivity index (χ0v) is 27.4. The second-order valence-corrected chi connectivity index (χ2v) is 13.1. The SMILES string of the molecule is CCNC(=O)N1CC(N(CC(=O)OCC)Cc2ccc(-c3cc4nccc(Oc5ccc(CC(=O)CC6CC6)cc5F)c4s3)nc2)C1. The molecule has 10 nitrogen and oxygen atoms in total. The van der Waals surface area contributed by atoms with Gasteiger partial charge in [-0.25, -0.2) is 9.18 Å². The van der Waals surface area contributed by atoms with Gasteiger partial charge in [-0.1, -0.05) is 12.1 Å². The molecule has 1 aliphatic heterocycles. The molecule has 2 aliphatic rings. The molecule has 1 aliphatic carbocycles. The minimum absolute atomic E-state index is 0.0321. The van der Waals surface area contributed by atoms with Crippen LogP contribution in [-0.4, -0.2) is 76.4 Å². The molecule has 246 valence electrons. The largest absolute Gasteiger partial charge is 0.465 e. The molecule has 2 fully saturated rings. The van der Waals surface area contributed by atoms with Gasteiger partial charge in [0.25, 0.3) is 0 Å². The molecule has 47 heavy (non-hydrogen) atoms. The van der Waals surface area contributed by atoms with Gasteiger partial charge >= 0.3 is 12.0 Å². The average Bonchev–Trinajstić information content (AvgIpc) is 3.71. The van der Waals surface area contributed by atoms with Gasteiger partial charge in [-0.3, -0.25) is 24.5 Å². The number of fused-ring (bicyclic) bond motifs is 1. The van der Waals surface area contributed by atoms with E-state index < -0.39 is 5.82 Å². The minimum atomic E-state index is -0.517. The number of hydrogen-bond donors (Lipinski definition) is 1. The molecule has 0 unspecified atom stereocenters. The van der Waals surface area contributed by atoms with Crippen LogP contribution in [0.3, 0.4) is 0 Å². The normalized spacial score (nSPS) is 14.7. The Balaban J connectivity index is 1.13. The van der Waals surface area contributed by atoms with E-state index in [1.807, 2.05) is 30.0 Å². The van der Waals surface area contributed by atoms with Crippen LogP contribution in [0.2, 0.25) is 0 Å². The van der Waals surface area contributed by atoms with Gasteiger partial charge in [-0.05, 0) is 68.0 Å². The van der Waals surface area contributed by atoms with E-state index >= 15 is 4.39 Å². The third-order valence-corrected chi connectivity index (χ3v) is 9.46. The first-order valence-electron chi connectivity index (χ1n) is 16.0. The average molecular weight is 660 g/mol. The number of hydrogen-bond acceptors (Lipinski definition) is 9. The number of nitrogens with zero attached hydrogens (tertiary/aromatic N) is 4. The smallest absolute Gasteiger partial charge is 0.320 e. The Labute approximate surface area is 276 Å². The van der Waals surface area contributed by atoms with E-state index in [0.717, 1.165) is 33.7 Å². The lowest BCUT2D eigenvalue weighted by Gasteiger charge is -2.44. The van der Waals surface area contributed by atoms with Crippen LogP contribution < -0.4 is 10.1 Å². The summed E-state index contributed by atoms with van der Waals surface area (Å²) in [6.45, 7) is 6.18. The highest BCUT2D eigenvalue weighted by molar-refractivity contribution is 7.22. The van der Waals surface area contributed by atoms with Crippen LogP contribution in [0, 0.1) is 11.7 Å². The van der Waals surface area contributed by atoms with Crippen molar-refractivity contribution in [2.24, 2.45) is 5.92 Å². The van der Waals surface area contributed by atoms with Crippen molar-refractivity contribution in [3.63, 3.8) is 0 Å². The van der Waals surface area contributed by atoms with E-state index in [2.05, 4.69) is 10.3 Å². The maximum atomic E-state index is 15.0. The number of aromatic nitrogens is 2. The highest BCUT2D eigenvalue weighted by atomic mass is 32.1. The molecule has 0 radical (unpaired) electrons. The molecule has 0 spiro atoms. The number of urea groups is 1. The van der Waals surface area contributed by atoms with Gasteiger partial charge in [-0.2, -0.15) is 0 Å². The van der Waals surface area contributed by atoms with Crippen molar-refractivity contribution in [3.8, 4) is 22.1 Å². The molecule has 4 heterocycles. The van der Waals surface area contributed by atoms with Gasteiger partial charge in [0.1, 0.15) is 11.5 Å². The first-order valence-corrected chi connectivity index (χ1v) is 16.9. The number of pyridine rings is 2. The lowest BCUT2D eigenvalue weighted by atomic mass is 10.0. The number of halogens is 1. The Morgan fingerprint density at radius 1 is 1.04 bits per heavy atom. The zero-order valence-electron chi connectivity index (χ0n) is 26.5. The van der Waals surface area contributed by atoms with Crippen molar-refractivity contribution in [1.29, 1.82) is 0 Å². The molecule has 4 aromatic rings. The summed E-state index contributed by atoms with van der Waals surface area (Å²) in [5.41, 5.74) is 3.02. The van der Waals surface area contributed by atoms with E-state index in [1.54, 1.807) is 42.4 Å². The Hall–Kier alpha value is -4.42. The van der Waals surface area contributed by atoms with Crippen molar-refractivity contribution < 1.29 is 28.2 Å². The summed E-state index contributed by atoms with van der Waals surface area (Å²) >= 11 is 1.45. The number of ether oxygens (including phenoxy) is 2. The standard InChI is InChI=1S/C35H38FN5O5S/c1-3-37-35(44)41-19-25(20-41)40(21-33(43)45-4-2)18-24-7-9-28(39-17-24)32-16-29-34(47-32)31(11-12-38-29)46-30-10-8-23(15-27(30)36)14-26(42)13-22-5-6-22/h7-12,15-17,22,25H,3-6,13-14,18-21H2,1-2H3,(H,37,44). The number of likely N-dealkylation sites (tertiary alicyclic amines) is 1. The number of esters is 1. The van der Waals surface area contributed by atoms with Crippen LogP contribution in [0.15, 0.2) is 54.9 Å². The first kappa shape index (κ1) is 32.5. The van der Waals surface area contributed by atoms with Crippen LogP contribution >= 0.6 is 11.3 Å². The van der Waals surface area contributed by atoms with Crippen LogP contribution in [0.4, 0.5) is 9.18 Å². The fourth-order valence-corrected chi connectivity index (χ4v) is 6.66. The fraction of sp³-hybridized carbons (Fsp3) is 0.400. The summed E-state index contributed by atoms with van der Waals surface area (Å²) in [4.78, 5) is 50.6. The van der Waals surface area contributed by atoms with E-state index in [4.69, 9.17) is 14.5 Å². The maximum absolute atomic E-state index is 15.0. The van der Waals surface area contributed by atoms with E-state index in [-0.39, 0.29) is 42.5 Å². The highest BCUT2D eigenvalue weighted by Gasteiger charge is 2.35. The molecule has 1 aromatic carbocycles. The second kappa shape index (κ2) is 14.6. The molecular weight excluding hydrogens is 621 g/mol. The van der Waals surface area contributed by atoms with E-state index in [9.17, 15) is 14.4 Å². The second-order valence-electron chi connectivity index (χ2n) is 12.0. The number of Topliss-reactive ketones (excluding diaryl/α,β-unsaturated/α-hetero) is 1. The summed E-state index contributed by atoms with van der Waals surface area (Å²) < 4.78 is 27.0. The number of carbonyl (C=O) groups excluding carboxylic acids is 3. The van der Waals surface area contributed by atoms with Gasteiger partial charge in [0.2, 0.25) is 0 Å². The van der Waals surface area contributed by atoms with Crippen molar-refractivity contribution >= 4 is 39.3 Å².